The maximum atomic E-state index is 12.7. The van der Waals surface area contributed by atoms with Crippen LogP contribution in [0.2, 0.25) is 0 Å². The van der Waals surface area contributed by atoms with Gasteiger partial charge in [-0.3, -0.25) is 19.9 Å². The minimum absolute atomic E-state index is 0.00410. The van der Waals surface area contributed by atoms with E-state index in [0.29, 0.717) is 11.3 Å². The summed E-state index contributed by atoms with van der Waals surface area (Å²) >= 11 is 0. The number of amides is 1. The number of carbonyl (C=O) groups excluding carboxylic acids is 1. The number of non-ortho nitro benzene ring substituents is 1. The first kappa shape index (κ1) is 27.1. The minimum atomic E-state index is -0.427. The molecule has 0 unspecified atom stereocenters. The number of aromatic nitrogens is 2. The third-order valence-electron chi connectivity index (χ3n) is 6.81. The summed E-state index contributed by atoms with van der Waals surface area (Å²) in [6.45, 7) is -0.238. The minimum Gasteiger partial charge on any atom is -0.481 e. The van der Waals surface area contributed by atoms with Gasteiger partial charge >= 0.3 is 0 Å². The topological polar surface area (TPSA) is 112 Å². The number of nitrogens with one attached hydrogen (secondary N) is 1. The molecule has 4 aromatic carbocycles. The first-order chi connectivity index (χ1) is 21.1. The Morgan fingerprint density at radius 3 is 2.30 bits per heavy atom. The fraction of sp³-hybridized carbons (Fsp3) is 0.0294. The summed E-state index contributed by atoms with van der Waals surface area (Å²) in [6.07, 6.45) is 3.27. The first-order valence-electron chi connectivity index (χ1n) is 13.5. The summed E-state index contributed by atoms with van der Waals surface area (Å²) in [5, 5.41) is 16.5. The van der Waals surface area contributed by atoms with Crippen LogP contribution in [0.4, 0.5) is 5.69 Å². The Bertz CT molecular complexity index is 1930. The normalized spacial score (nSPS) is 11.1. The number of hydrogen-bond donors (Lipinski definition) is 1. The van der Waals surface area contributed by atoms with Crippen LogP contribution in [0.15, 0.2) is 133 Å². The van der Waals surface area contributed by atoms with Crippen molar-refractivity contribution in [2.45, 2.75) is 0 Å². The number of carbonyl (C=O) groups is 1. The molecule has 0 aliphatic carbocycles. The van der Waals surface area contributed by atoms with Gasteiger partial charge in [0.15, 0.2) is 6.61 Å². The van der Waals surface area contributed by atoms with Crippen molar-refractivity contribution in [2.24, 2.45) is 5.10 Å². The molecule has 0 aliphatic heterocycles. The Morgan fingerprint density at radius 2 is 1.58 bits per heavy atom. The molecule has 43 heavy (non-hydrogen) atoms. The van der Waals surface area contributed by atoms with Crippen molar-refractivity contribution >= 4 is 28.7 Å². The third-order valence-corrected chi connectivity index (χ3v) is 6.81. The van der Waals surface area contributed by atoms with E-state index in [0.717, 1.165) is 39.2 Å². The predicted octanol–water partition coefficient (Wildman–Crippen LogP) is 6.80. The van der Waals surface area contributed by atoms with E-state index >= 15 is 0 Å². The lowest BCUT2D eigenvalue weighted by Crippen LogP contribution is -2.24. The number of hydrazone groups is 1. The second-order valence-corrected chi connectivity index (χ2v) is 9.59. The van der Waals surface area contributed by atoms with Crippen LogP contribution in [0.5, 0.6) is 5.75 Å². The van der Waals surface area contributed by atoms with E-state index in [9.17, 15) is 14.9 Å². The van der Waals surface area contributed by atoms with Gasteiger partial charge in [0.05, 0.1) is 22.5 Å². The average Bonchev–Trinajstić information content (AvgIpc) is 3.44. The molecule has 0 aliphatic rings. The molecule has 0 spiro atoms. The lowest BCUT2D eigenvalue weighted by molar-refractivity contribution is -0.384. The summed E-state index contributed by atoms with van der Waals surface area (Å²) in [5.74, 6) is 0.0831. The fourth-order valence-corrected chi connectivity index (χ4v) is 4.87. The molecule has 9 heteroatoms. The quantitative estimate of drug-likeness (QED) is 0.117. The fourth-order valence-electron chi connectivity index (χ4n) is 4.87. The number of pyridine rings is 1. The molecule has 6 aromatic rings. The van der Waals surface area contributed by atoms with Gasteiger partial charge in [-0.1, -0.05) is 78.9 Å². The number of hydrogen-bond acceptors (Lipinski definition) is 6. The number of fused-ring (bicyclic) bond motifs is 1. The number of benzene rings is 4. The van der Waals surface area contributed by atoms with Crippen LogP contribution < -0.4 is 10.2 Å². The highest BCUT2D eigenvalue weighted by Gasteiger charge is 2.19. The second-order valence-electron chi connectivity index (χ2n) is 9.59. The van der Waals surface area contributed by atoms with Gasteiger partial charge in [0.2, 0.25) is 0 Å². The molecular weight excluding hydrogens is 542 g/mol. The predicted molar refractivity (Wildman–Crippen MR) is 166 cm³/mol. The van der Waals surface area contributed by atoms with E-state index in [-0.39, 0.29) is 12.3 Å². The van der Waals surface area contributed by atoms with Crippen molar-refractivity contribution in [2.75, 3.05) is 6.61 Å². The highest BCUT2D eigenvalue weighted by Crippen LogP contribution is 2.35. The Labute approximate surface area is 246 Å². The number of ether oxygens (including phenoxy) is 1. The van der Waals surface area contributed by atoms with Crippen LogP contribution in [0.3, 0.4) is 0 Å². The van der Waals surface area contributed by atoms with Gasteiger partial charge < -0.3 is 9.30 Å². The van der Waals surface area contributed by atoms with Gasteiger partial charge in [0.1, 0.15) is 11.3 Å². The molecule has 0 radical (unpaired) electrons. The zero-order valence-corrected chi connectivity index (χ0v) is 22.8. The number of nitrogens with zero attached hydrogens (tertiary/aromatic N) is 4. The van der Waals surface area contributed by atoms with Gasteiger partial charge in [-0.05, 0) is 41.5 Å². The summed E-state index contributed by atoms with van der Waals surface area (Å²) < 4.78 is 7.78. The number of nitro groups is 1. The number of para-hydroxylation sites is 1. The lowest BCUT2D eigenvalue weighted by atomic mass is 10.1. The maximum absolute atomic E-state index is 12.7. The molecular formula is C34H25N5O4. The Kier molecular flexibility index (Phi) is 7.68. The molecule has 210 valence electrons. The lowest BCUT2D eigenvalue weighted by Gasteiger charge is -2.15. The zero-order chi connectivity index (χ0) is 29.6. The molecule has 6 rings (SSSR count). The smallest absolute Gasteiger partial charge is 0.277 e. The summed E-state index contributed by atoms with van der Waals surface area (Å²) in [4.78, 5) is 27.9. The molecule has 2 aromatic heterocycles. The molecule has 1 amide bonds. The number of rotatable bonds is 9. The second kappa shape index (κ2) is 12.2. The highest BCUT2D eigenvalue weighted by atomic mass is 16.6. The molecule has 2 heterocycles. The SMILES string of the molecule is O=C(COc1cccc2cccnc12)N/N=C\c1cc(-c2ccccc2)n(-c2ccc([N+](=O)[O-])cc2)c1-c1ccccc1. The van der Waals surface area contributed by atoms with Crippen molar-refractivity contribution in [3.05, 3.63) is 143 Å². The van der Waals surface area contributed by atoms with Crippen LogP contribution in [-0.4, -0.2) is 33.2 Å². The molecule has 9 nitrogen and oxygen atoms in total. The van der Waals surface area contributed by atoms with Crippen LogP contribution in [0.1, 0.15) is 5.56 Å². The van der Waals surface area contributed by atoms with E-state index in [1.54, 1.807) is 30.6 Å². The van der Waals surface area contributed by atoms with Crippen LogP contribution >= 0.6 is 0 Å². The van der Waals surface area contributed by atoms with Gasteiger partial charge in [-0.2, -0.15) is 5.10 Å². The molecule has 0 atom stereocenters. The average molecular weight is 568 g/mol. The standard InChI is InChI=1S/C34H25N5O4/c40-32(23-43-31-15-7-13-25-14-8-20-35-33(25)31)37-36-22-27-21-30(24-9-3-1-4-10-24)38(34(27)26-11-5-2-6-12-26)28-16-18-29(19-17-28)39(41)42/h1-22H,23H2,(H,37,40)/b36-22-. The molecule has 0 saturated carbocycles. The highest BCUT2D eigenvalue weighted by molar-refractivity contribution is 5.94. The summed E-state index contributed by atoms with van der Waals surface area (Å²) in [5.41, 5.74) is 8.23. The van der Waals surface area contributed by atoms with Crippen molar-refractivity contribution in [3.8, 4) is 34.0 Å². The Balaban J connectivity index is 1.33. The van der Waals surface area contributed by atoms with E-state index in [2.05, 4.69) is 15.5 Å². The molecule has 1 N–H and O–H groups in total. The van der Waals surface area contributed by atoms with Crippen molar-refractivity contribution in [3.63, 3.8) is 0 Å². The van der Waals surface area contributed by atoms with Crippen LogP contribution in [0, 0.1) is 10.1 Å². The largest absolute Gasteiger partial charge is 0.481 e. The van der Waals surface area contributed by atoms with Crippen molar-refractivity contribution in [1.82, 2.24) is 15.0 Å². The molecule has 0 fully saturated rings. The third kappa shape index (κ3) is 5.86. The monoisotopic (exact) mass is 567 g/mol. The number of nitro benzene ring substituents is 1. The van der Waals surface area contributed by atoms with E-state index in [4.69, 9.17) is 4.74 Å². The van der Waals surface area contributed by atoms with E-state index < -0.39 is 10.8 Å². The summed E-state index contributed by atoms with van der Waals surface area (Å²) in [7, 11) is 0. The van der Waals surface area contributed by atoms with Crippen molar-refractivity contribution in [1.29, 1.82) is 0 Å². The summed E-state index contributed by atoms with van der Waals surface area (Å²) in [6, 6.07) is 37.3. The van der Waals surface area contributed by atoms with Crippen LogP contribution in [0.25, 0.3) is 39.1 Å². The zero-order valence-electron chi connectivity index (χ0n) is 22.8. The van der Waals surface area contributed by atoms with Gasteiger partial charge in [-0.15, -0.1) is 0 Å². The Hall–Kier alpha value is -6.09. The van der Waals surface area contributed by atoms with Crippen LogP contribution in [-0.2, 0) is 4.79 Å². The van der Waals surface area contributed by atoms with Gasteiger partial charge in [0, 0.05) is 35.0 Å². The maximum Gasteiger partial charge on any atom is 0.277 e. The Morgan fingerprint density at radius 1 is 0.884 bits per heavy atom. The molecule has 0 bridgehead atoms. The van der Waals surface area contributed by atoms with E-state index in [1.807, 2.05) is 95.6 Å². The molecule has 0 saturated heterocycles. The van der Waals surface area contributed by atoms with Crippen molar-refractivity contribution < 1.29 is 14.5 Å². The van der Waals surface area contributed by atoms with Gasteiger partial charge in [0.25, 0.3) is 11.6 Å². The first-order valence-corrected chi connectivity index (χ1v) is 13.5. The van der Waals surface area contributed by atoms with Gasteiger partial charge in [-0.25, -0.2) is 5.43 Å². The van der Waals surface area contributed by atoms with E-state index in [1.165, 1.54) is 12.1 Å².